The number of aromatic amines is 1. The van der Waals surface area contributed by atoms with Crippen LogP contribution in [-0.4, -0.2) is 44.1 Å². The van der Waals surface area contributed by atoms with E-state index in [1.54, 1.807) is 28.9 Å². The number of aryl methyl sites for hydroxylation is 1. The first-order valence-electron chi connectivity index (χ1n) is 12.1. The molecule has 6 rings (SSSR count). The number of hydrogen-bond acceptors (Lipinski definition) is 4. The molecule has 4 heterocycles. The predicted molar refractivity (Wildman–Crippen MR) is 133 cm³/mol. The van der Waals surface area contributed by atoms with Gasteiger partial charge in [-0.2, -0.15) is 5.10 Å². The quantitative estimate of drug-likeness (QED) is 0.444. The first-order chi connectivity index (χ1) is 17.9. The van der Waals surface area contributed by atoms with Gasteiger partial charge in [-0.05, 0) is 61.7 Å². The van der Waals surface area contributed by atoms with Crippen LogP contribution in [0.4, 0.5) is 4.39 Å². The standard InChI is InChI=1S/C28H24FN5O3/c1-16-9-21(29)13-22(10-16)34-15-23(26(32-34)20-5-7-30-14-20)28-33(27(36)17(2)37-28)8-6-18-3-4-19-12-25(35)31-24(19)11-18/h3-5,7,9-15,17,28,30H,6,8H2,1-2H3/t17-,28+/m0/s1. The molecule has 0 unspecified atom stereocenters. The SMILES string of the molecule is Cc1cc(F)cc(-n2cc([C@H]3O[C@@H](C)C(=O)N3CCc3ccc4c(c3)=NC(=O)C=4)c(-c3cc[nH]c3)n2)c1. The summed E-state index contributed by atoms with van der Waals surface area (Å²) in [6.07, 6.45) is 6.21. The highest BCUT2D eigenvalue weighted by molar-refractivity contribution is 6.06. The lowest BCUT2D eigenvalue weighted by atomic mass is 10.1. The Morgan fingerprint density at radius 2 is 2.00 bits per heavy atom. The molecule has 37 heavy (non-hydrogen) atoms. The van der Waals surface area contributed by atoms with Crippen LogP contribution in [0.3, 0.4) is 0 Å². The van der Waals surface area contributed by atoms with Crippen LogP contribution in [0, 0.1) is 12.7 Å². The van der Waals surface area contributed by atoms with E-state index in [2.05, 4.69) is 9.98 Å². The molecule has 0 aliphatic carbocycles. The number of aromatic nitrogens is 3. The van der Waals surface area contributed by atoms with E-state index in [4.69, 9.17) is 9.84 Å². The third-order valence-corrected chi connectivity index (χ3v) is 6.66. The Kier molecular flexibility index (Phi) is 5.57. The second-order valence-corrected chi connectivity index (χ2v) is 9.36. The summed E-state index contributed by atoms with van der Waals surface area (Å²) in [6, 6.07) is 12.3. The fraction of sp³-hybridized carbons (Fsp3) is 0.214. The number of benzene rings is 2. The van der Waals surface area contributed by atoms with Crippen LogP contribution >= 0.6 is 0 Å². The van der Waals surface area contributed by atoms with Gasteiger partial charge in [-0.25, -0.2) is 14.1 Å². The van der Waals surface area contributed by atoms with Gasteiger partial charge in [0.15, 0.2) is 6.23 Å². The Balaban J connectivity index is 1.36. The summed E-state index contributed by atoms with van der Waals surface area (Å²) >= 11 is 0. The van der Waals surface area contributed by atoms with Crippen LogP contribution in [0.25, 0.3) is 23.0 Å². The fourth-order valence-electron chi connectivity index (χ4n) is 4.89. The highest BCUT2D eigenvalue weighted by atomic mass is 19.1. The molecule has 2 aliphatic heterocycles. The molecule has 2 aromatic heterocycles. The second-order valence-electron chi connectivity index (χ2n) is 9.36. The fourth-order valence-corrected chi connectivity index (χ4v) is 4.89. The topological polar surface area (TPSA) is 92.6 Å². The minimum Gasteiger partial charge on any atom is -0.367 e. The van der Waals surface area contributed by atoms with E-state index in [1.165, 1.54) is 18.2 Å². The number of carbonyl (C=O) groups excluding carboxylic acids is 2. The maximum atomic E-state index is 14.2. The van der Waals surface area contributed by atoms with E-state index in [9.17, 15) is 14.0 Å². The summed E-state index contributed by atoms with van der Waals surface area (Å²) in [5.41, 5.74) is 4.51. The normalized spacial score (nSPS) is 18.7. The van der Waals surface area contributed by atoms with Crippen LogP contribution in [-0.2, 0) is 20.7 Å². The third-order valence-electron chi connectivity index (χ3n) is 6.66. The molecule has 0 spiro atoms. The van der Waals surface area contributed by atoms with Crippen molar-refractivity contribution in [2.45, 2.75) is 32.6 Å². The van der Waals surface area contributed by atoms with Gasteiger partial charge in [-0.15, -0.1) is 0 Å². The first-order valence-corrected chi connectivity index (χ1v) is 12.1. The second kappa shape index (κ2) is 8.94. The van der Waals surface area contributed by atoms with Crippen LogP contribution in [0.1, 0.15) is 29.8 Å². The van der Waals surface area contributed by atoms with Crippen LogP contribution in [0.5, 0.6) is 0 Å². The molecule has 4 aromatic rings. The van der Waals surface area contributed by atoms with Crippen molar-refractivity contribution < 1.29 is 18.7 Å². The summed E-state index contributed by atoms with van der Waals surface area (Å²) in [6.45, 7) is 3.97. The molecule has 2 atom stereocenters. The summed E-state index contributed by atoms with van der Waals surface area (Å²) in [4.78, 5) is 33.5. The third kappa shape index (κ3) is 4.27. The maximum Gasteiger partial charge on any atom is 0.270 e. The Morgan fingerprint density at radius 1 is 1.14 bits per heavy atom. The maximum absolute atomic E-state index is 14.2. The molecule has 0 radical (unpaired) electrons. The van der Waals surface area contributed by atoms with Crippen molar-refractivity contribution in [3.8, 4) is 16.9 Å². The summed E-state index contributed by atoms with van der Waals surface area (Å²) in [5.74, 6) is -0.723. The van der Waals surface area contributed by atoms with E-state index >= 15 is 0 Å². The summed E-state index contributed by atoms with van der Waals surface area (Å²) in [7, 11) is 0. The largest absolute Gasteiger partial charge is 0.367 e. The van der Waals surface area contributed by atoms with E-state index < -0.39 is 12.3 Å². The average Bonchev–Trinajstić information content (AvgIpc) is 3.63. The molecular formula is C28H24FN5O3. The molecule has 9 heteroatoms. The molecule has 1 N–H and O–H groups in total. The number of fused-ring (bicyclic) bond motifs is 1. The highest BCUT2D eigenvalue weighted by Gasteiger charge is 2.40. The zero-order valence-electron chi connectivity index (χ0n) is 20.3. The molecule has 2 amide bonds. The lowest BCUT2D eigenvalue weighted by molar-refractivity contribution is -0.130. The number of nitrogens with one attached hydrogen (secondary N) is 1. The zero-order valence-corrected chi connectivity index (χ0v) is 20.3. The van der Waals surface area contributed by atoms with Crippen molar-refractivity contribution in [2.75, 3.05) is 6.54 Å². The minimum atomic E-state index is -0.662. The zero-order chi connectivity index (χ0) is 25.7. The molecule has 2 aromatic carbocycles. The first kappa shape index (κ1) is 23.1. The number of hydrogen-bond donors (Lipinski definition) is 1. The van der Waals surface area contributed by atoms with Crippen molar-refractivity contribution in [2.24, 2.45) is 4.99 Å². The van der Waals surface area contributed by atoms with Gasteiger partial charge in [-0.1, -0.05) is 12.1 Å². The Morgan fingerprint density at radius 3 is 2.78 bits per heavy atom. The number of halogens is 1. The summed E-state index contributed by atoms with van der Waals surface area (Å²) < 4.78 is 22.0. The van der Waals surface area contributed by atoms with E-state index in [-0.39, 0.29) is 17.6 Å². The van der Waals surface area contributed by atoms with Gasteiger partial charge in [0.05, 0.1) is 11.0 Å². The number of ether oxygens (including phenoxy) is 1. The molecular weight excluding hydrogens is 473 g/mol. The van der Waals surface area contributed by atoms with Gasteiger partial charge in [0.2, 0.25) is 0 Å². The minimum absolute atomic E-state index is 0.117. The van der Waals surface area contributed by atoms with E-state index in [1.807, 2.05) is 43.5 Å². The lowest BCUT2D eigenvalue weighted by Crippen LogP contribution is -2.32. The molecule has 186 valence electrons. The lowest BCUT2D eigenvalue weighted by Gasteiger charge is -2.23. The molecule has 2 aliphatic rings. The van der Waals surface area contributed by atoms with Gasteiger partial charge in [0, 0.05) is 47.6 Å². The van der Waals surface area contributed by atoms with Gasteiger partial charge in [0.1, 0.15) is 17.6 Å². The van der Waals surface area contributed by atoms with E-state index in [0.29, 0.717) is 35.3 Å². The number of carbonyl (C=O) groups is 2. The number of H-pyrrole nitrogens is 1. The number of nitrogens with zero attached hydrogens (tertiary/aromatic N) is 4. The Labute approximate surface area is 211 Å². The highest BCUT2D eigenvalue weighted by Crippen LogP contribution is 2.37. The van der Waals surface area contributed by atoms with Crippen molar-refractivity contribution in [3.63, 3.8) is 0 Å². The van der Waals surface area contributed by atoms with Crippen molar-refractivity contribution in [1.29, 1.82) is 0 Å². The Hall–Kier alpha value is -4.37. The predicted octanol–water partition coefficient (Wildman–Crippen LogP) is 2.74. The number of rotatable bonds is 6. The molecule has 8 nitrogen and oxygen atoms in total. The molecule has 1 fully saturated rings. The summed E-state index contributed by atoms with van der Waals surface area (Å²) in [5, 5.41) is 6.22. The van der Waals surface area contributed by atoms with Gasteiger partial charge in [-0.3, -0.25) is 9.59 Å². The van der Waals surface area contributed by atoms with E-state index in [0.717, 1.165) is 21.9 Å². The molecule has 0 saturated carbocycles. The van der Waals surface area contributed by atoms with Crippen LogP contribution in [0.2, 0.25) is 0 Å². The van der Waals surface area contributed by atoms with Gasteiger partial charge < -0.3 is 14.6 Å². The van der Waals surface area contributed by atoms with Crippen LogP contribution < -0.4 is 10.6 Å². The number of amides is 2. The van der Waals surface area contributed by atoms with Gasteiger partial charge >= 0.3 is 0 Å². The van der Waals surface area contributed by atoms with Crippen LogP contribution in [0.15, 0.2) is 66.0 Å². The van der Waals surface area contributed by atoms with Crippen molar-refractivity contribution in [1.82, 2.24) is 19.7 Å². The van der Waals surface area contributed by atoms with Gasteiger partial charge in [0.25, 0.3) is 11.8 Å². The smallest absolute Gasteiger partial charge is 0.270 e. The monoisotopic (exact) mass is 497 g/mol. The molecule has 0 bridgehead atoms. The average molecular weight is 498 g/mol. The molecule has 1 saturated heterocycles. The van der Waals surface area contributed by atoms with Crippen molar-refractivity contribution in [3.05, 3.63) is 94.1 Å². The van der Waals surface area contributed by atoms with Crippen molar-refractivity contribution >= 4 is 17.9 Å². The Bertz CT molecular complexity index is 1640.